The normalized spacial score (nSPS) is 7.46. The minimum Gasteiger partial charge on any atom is -0.411 e. The molecule has 0 saturated carbocycles. The molecule has 0 atom stereocenters. The number of rotatable bonds is 0. The summed E-state index contributed by atoms with van der Waals surface area (Å²) in [5, 5.41) is 0. The first-order chi connectivity index (χ1) is 15.9. The molecule has 0 amide bonds. The molecule has 0 rings (SSSR count). The second kappa shape index (κ2) is 35.4. The van der Waals surface area contributed by atoms with Crippen LogP contribution in [0.4, 0.5) is 0 Å². The van der Waals surface area contributed by atoms with E-state index in [2.05, 4.69) is 149 Å². The van der Waals surface area contributed by atoms with Gasteiger partial charge in [0.1, 0.15) is 0 Å². The van der Waals surface area contributed by atoms with Gasteiger partial charge in [-0.1, -0.05) is 25.9 Å². The second-order valence-electron chi connectivity index (χ2n) is 6.96. The molecule has 0 bridgehead atoms. The van der Waals surface area contributed by atoms with E-state index in [1.165, 1.54) is 0 Å². The molecule has 0 aliphatic heterocycles. The average Bonchev–Trinajstić information content (AvgIpc) is 2.69. The summed E-state index contributed by atoms with van der Waals surface area (Å²) >= 11 is 54.7. The fraction of sp³-hybridized carbons (Fsp3) is 0.667. The van der Waals surface area contributed by atoms with Crippen molar-refractivity contribution in [3.05, 3.63) is 0 Å². The second-order valence-corrected chi connectivity index (χ2v) is 13.2. The molecule has 37 heavy (non-hydrogen) atoms. The molecular weight excluding hydrogens is 781 g/mol. The summed E-state index contributed by atoms with van der Waals surface area (Å²) in [7, 11) is 21.9. The van der Waals surface area contributed by atoms with E-state index < -0.39 is 0 Å². The topological polar surface area (TPSA) is 19.4 Å². The van der Waals surface area contributed by atoms with Crippen molar-refractivity contribution in [1.82, 2.24) is 29.4 Å². The molecule has 0 radical (unpaired) electrons. The molecule has 0 N–H and O–H groups in total. The first kappa shape index (κ1) is 54.4. The molecule has 0 aliphatic rings. The standard InChI is InChI=1S/6C3H7NS2.Mo/c6*1-4(2)3(5)6;/h6*1-2H3,(H,5,6);/q;;;;;;+6/p-6. The van der Waals surface area contributed by atoms with E-state index in [0.717, 1.165) is 0 Å². The maximum atomic E-state index is 4.56. The third-order valence-electron chi connectivity index (χ3n) is 2.19. The van der Waals surface area contributed by atoms with Crippen LogP contribution in [0.15, 0.2) is 0 Å². The smallest absolute Gasteiger partial charge is 0.411 e. The molecule has 216 valence electrons. The Hall–Kier alpha value is 1.35. The van der Waals surface area contributed by atoms with Gasteiger partial charge in [0.05, 0.1) is 0 Å². The van der Waals surface area contributed by atoms with Gasteiger partial charge in [-0.2, -0.15) is 0 Å². The molecule has 0 fully saturated rings. The molecule has 0 aromatic carbocycles. The van der Waals surface area contributed by atoms with Gasteiger partial charge in [0, 0.05) is 84.6 Å². The molecule has 0 aromatic heterocycles. The quantitative estimate of drug-likeness (QED) is 0.203. The predicted molar refractivity (Wildman–Crippen MR) is 202 cm³/mol. The minimum absolute atomic E-state index is 0. The maximum absolute atomic E-state index is 4.56. The van der Waals surface area contributed by atoms with Gasteiger partial charge in [-0.25, -0.2) is 0 Å². The molecule has 19 heteroatoms. The summed E-state index contributed by atoms with van der Waals surface area (Å²) in [6.07, 6.45) is 0. The Morgan fingerprint density at radius 2 is 0.324 bits per heavy atom. The number of hydrogen-bond acceptors (Lipinski definition) is 12. The number of thiocarbonyl (C=S) groups is 6. The van der Waals surface area contributed by atoms with Crippen molar-refractivity contribution in [3.8, 4) is 0 Å². The molecule has 0 spiro atoms. The van der Waals surface area contributed by atoms with Gasteiger partial charge in [0.2, 0.25) is 0 Å². The van der Waals surface area contributed by atoms with Gasteiger partial charge in [0.25, 0.3) is 0 Å². The largest absolute Gasteiger partial charge is 6.00 e. The van der Waals surface area contributed by atoms with Crippen molar-refractivity contribution >= 4 is 175 Å². The Morgan fingerprint density at radius 3 is 0.324 bits per heavy atom. The van der Waals surface area contributed by atoms with E-state index >= 15 is 0 Å². The monoisotopic (exact) mass is 818 g/mol. The summed E-state index contributed by atoms with van der Waals surface area (Å²) in [5.41, 5.74) is 0. The summed E-state index contributed by atoms with van der Waals surface area (Å²) < 4.78 is 3.06. The minimum atomic E-state index is 0. The molecule has 0 aromatic rings. The van der Waals surface area contributed by atoms with E-state index in [0.29, 0.717) is 25.9 Å². The Kier molecular flexibility index (Phi) is 52.0. The van der Waals surface area contributed by atoms with Gasteiger partial charge >= 0.3 is 21.1 Å². The van der Waals surface area contributed by atoms with E-state index in [4.69, 9.17) is 0 Å². The molecule has 0 heterocycles. The molecule has 0 aliphatic carbocycles. The zero-order valence-electron chi connectivity index (χ0n) is 23.0. The van der Waals surface area contributed by atoms with E-state index in [9.17, 15) is 0 Å². The molecule has 6 nitrogen and oxygen atoms in total. The van der Waals surface area contributed by atoms with E-state index in [1.807, 2.05) is 84.6 Å². The van der Waals surface area contributed by atoms with Crippen LogP contribution < -0.4 is 0 Å². The Labute approximate surface area is 306 Å². The van der Waals surface area contributed by atoms with Crippen LogP contribution >= 0.6 is 73.3 Å². The van der Waals surface area contributed by atoms with Crippen LogP contribution in [-0.4, -0.2) is 140 Å². The van der Waals surface area contributed by atoms with Crippen molar-refractivity contribution < 1.29 is 21.1 Å². The maximum Gasteiger partial charge on any atom is 6.00 e. The predicted octanol–water partition coefficient (Wildman–Crippen LogP) is 2.28. The third-order valence-corrected chi connectivity index (χ3v) is 6.57. The Morgan fingerprint density at radius 1 is 0.297 bits per heavy atom. The SMILES string of the molecule is CN(C)C(=S)[S-].CN(C)C(=S)[S-].CN(C)C(=S)[S-].CN(C)C(=S)[S-].CN(C)C(=S)[S-].CN(C)C(=S)[S-].[Mo+6]. The molecule has 0 unspecified atom stereocenters. The van der Waals surface area contributed by atoms with E-state index in [-0.39, 0.29) is 21.1 Å². The molecule has 0 saturated heterocycles. The van der Waals surface area contributed by atoms with Crippen LogP contribution in [-0.2, 0) is 96.8 Å². The fourth-order valence-electron chi connectivity index (χ4n) is 0. The summed E-state index contributed by atoms with van der Waals surface area (Å²) in [4.78, 5) is 10.3. The van der Waals surface area contributed by atoms with Crippen molar-refractivity contribution in [2.45, 2.75) is 0 Å². The summed E-state index contributed by atoms with van der Waals surface area (Å²) in [6, 6.07) is 0. The van der Waals surface area contributed by atoms with Crippen LogP contribution in [0, 0.1) is 0 Å². The molecular formula is C18H36MoN6S12. The van der Waals surface area contributed by atoms with E-state index in [1.54, 1.807) is 29.4 Å². The number of nitrogens with zero attached hydrogens (tertiary/aromatic N) is 6. The van der Waals surface area contributed by atoms with Crippen LogP contribution in [0.25, 0.3) is 0 Å². The fourth-order valence-corrected chi connectivity index (χ4v) is 0. The van der Waals surface area contributed by atoms with Gasteiger partial charge < -0.3 is 178 Å². The number of hydrogen-bond donors (Lipinski definition) is 0. The van der Waals surface area contributed by atoms with Crippen LogP contribution in [0.1, 0.15) is 0 Å². The third kappa shape index (κ3) is 72.6. The zero-order chi connectivity index (χ0) is 30.9. The van der Waals surface area contributed by atoms with Gasteiger partial charge in [-0.3, -0.25) is 0 Å². The van der Waals surface area contributed by atoms with Gasteiger partial charge in [0.15, 0.2) is 0 Å². The first-order valence-corrected chi connectivity index (χ1v) is 14.1. The van der Waals surface area contributed by atoms with Crippen LogP contribution in [0.5, 0.6) is 0 Å². The van der Waals surface area contributed by atoms with Crippen molar-refractivity contribution in [2.24, 2.45) is 0 Å². The van der Waals surface area contributed by atoms with Crippen LogP contribution in [0.3, 0.4) is 0 Å². The van der Waals surface area contributed by atoms with Gasteiger partial charge in [-0.05, 0) is 0 Å². The van der Waals surface area contributed by atoms with Gasteiger partial charge in [-0.15, -0.1) is 0 Å². The summed E-state index contributed by atoms with van der Waals surface area (Å²) in [6.45, 7) is 0. The zero-order valence-corrected chi connectivity index (χ0v) is 34.8. The van der Waals surface area contributed by atoms with Crippen LogP contribution in [0.2, 0.25) is 0 Å². The van der Waals surface area contributed by atoms with Crippen molar-refractivity contribution in [1.29, 1.82) is 0 Å². The summed E-state index contributed by atoms with van der Waals surface area (Å²) in [5.74, 6) is 0. The first-order valence-electron chi connectivity index (χ1n) is 9.16. The van der Waals surface area contributed by atoms with Crippen molar-refractivity contribution in [3.63, 3.8) is 0 Å². The average molecular weight is 817 g/mol. The Balaban J connectivity index is -0.0000000581. The Bertz CT molecular complexity index is 505. The van der Waals surface area contributed by atoms with Crippen molar-refractivity contribution in [2.75, 3.05) is 84.6 Å².